The van der Waals surface area contributed by atoms with Crippen LogP contribution in [0.15, 0.2) is 0 Å². The number of hydrogen-bond donors (Lipinski definition) is 0. The zero-order valence-corrected chi connectivity index (χ0v) is 11.6. The lowest BCUT2D eigenvalue weighted by Gasteiger charge is -2.43. The van der Waals surface area contributed by atoms with Gasteiger partial charge in [0.25, 0.3) is 11.6 Å². The highest BCUT2D eigenvalue weighted by molar-refractivity contribution is 7.81. The molecule has 0 fully saturated rings. The van der Waals surface area contributed by atoms with Gasteiger partial charge >= 0.3 is 41.1 Å². The minimum atomic E-state index is -8.22. The summed E-state index contributed by atoms with van der Waals surface area (Å²) in [7, 11) is -7.56. The van der Waals surface area contributed by atoms with Crippen LogP contribution in [0, 0.1) is 11.6 Å². The van der Waals surface area contributed by atoms with Gasteiger partial charge in [0.2, 0.25) is 0 Å². The standard InChI is InChI=1S/C7F15O3S/c8-1(3(9,7(19,20)21)25-26(22,23)24)2(4(10,11)12,5(13,14)15)6(16,17)18. The first-order valence-corrected chi connectivity index (χ1v) is 6.31. The maximum absolute atomic E-state index is 13.4. The molecule has 0 aromatic carbocycles. The van der Waals surface area contributed by atoms with Crippen molar-refractivity contribution in [1.82, 2.24) is 0 Å². The molecule has 0 heterocycles. The fourth-order valence-electron chi connectivity index (χ4n) is 1.44. The highest BCUT2D eigenvalue weighted by Crippen LogP contribution is 2.68. The van der Waals surface area contributed by atoms with Gasteiger partial charge in [-0.15, -0.1) is 0 Å². The van der Waals surface area contributed by atoms with Crippen molar-refractivity contribution in [3.63, 3.8) is 0 Å². The molecule has 26 heavy (non-hydrogen) atoms. The van der Waals surface area contributed by atoms with Crippen LogP contribution < -0.4 is 0 Å². The minimum Gasteiger partial charge on any atom is -0.231 e. The van der Waals surface area contributed by atoms with Crippen LogP contribution in [0.3, 0.4) is 0 Å². The molecule has 157 valence electrons. The first-order chi connectivity index (χ1) is 10.9. The molecule has 0 bridgehead atoms. The summed E-state index contributed by atoms with van der Waals surface area (Å²) in [5, 5.41) is 0. The van der Waals surface area contributed by atoms with Crippen LogP contribution >= 0.6 is 0 Å². The van der Waals surface area contributed by atoms with Crippen molar-refractivity contribution in [1.29, 1.82) is 0 Å². The molecule has 0 aliphatic carbocycles. The fourth-order valence-corrected chi connectivity index (χ4v) is 1.88. The summed E-state index contributed by atoms with van der Waals surface area (Å²) in [6.07, 6.45) is -37.8. The molecule has 0 amide bonds. The van der Waals surface area contributed by atoms with Crippen molar-refractivity contribution in [3.8, 4) is 0 Å². The molecule has 0 N–H and O–H groups in total. The molecule has 0 aromatic heterocycles. The Balaban J connectivity index is 7.16. The molecule has 1 radical (unpaired) electrons. The normalized spacial score (nSPS) is 18.2. The number of hydrogen-bond acceptors (Lipinski definition) is 3. The Hall–Kier alpha value is -1.14. The van der Waals surface area contributed by atoms with Crippen molar-refractivity contribution in [2.45, 2.75) is 30.6 Å². The SMILES string of the molecule is O=S(=O)(F)OC(F)([C](F)C(C(F)(F)F)(C(F)(F)F)C(F)(F)F)C(F)(F)F. The smallest absolute Gasteiger partial charge is 0.231 e. The first-order valence-electron chi connectivity index (χ1n) is 5.00. The van der Waals surface area contributed by atoms with E-state index >= 15 is 0 Å². The summed E-state index contributed by atoms with van der Waals surface area (Å²) in [4.78, 5) is 0. The Bertz CT molecular complexity index is 573. The summed E-state index contributed by atoms with van der Waals surface area (Å²) in [6, 6.07) is 0. The van der Waals surface area contributed by atoms with E-state index in [-0.39, 0.29) is 0 Å². The van der Waals surface area contributed by atoms with Gasteiger partial charge < -0.3 is 0 Å². The van der Waals surface area contributed by atoms with Gasteiger partial charge in [-0.25, -0.2) is 4.39 Å². The highest BCUT2D eigenvalue weighted by Gasteiger charge is 2.93. The third kappa shape index (κ3) is 3.91. The maximum Gasteiger partial charge on any atom is 0.453 e. The van der Waals surface area contributed by atoms with Crippen LogP contribution in [-0.2, 0) is 14.7 Å². The Labute approximate surface area is 132 Å². The monoisotopic (exact) mass is 449 g/mol. The van der Waals surface area contributed by atoms with E-state index in [1.165, 1.54) is 0 Å². The van der Waals surface area contributed by atoms with E-state index in [9.17, 15) is 73.8 Å². The van der Waals surface area contributed by atoms with Gasteiger partial charge in [-0.2, -0.15) is 69.7 Å². The second kappa shape index (κ2) is 6.20. The number of halogens is 15. The lowest BCUT2D eigenvalue weighted by atomic mass is 9.76. The summed E-state index contributed by atoms with van der Waals surface area (Å²) in [5.41, 5.74) is -8.22. The Morgan fingerprint density at radius 1 is 0.615 bits per heavy atom. The lowest BCUT2D eigenvalue weighted by molar-refractivity contribution is -0.445. The van der Waals surface area contributed by atoms with Crippen LogP contribution in [0.1, 0.15) is 0 Å². The predicted molar refractivity (Wildman–Crippen MR) is 46.0 cm³/mol. The molecular formula is C7F15O3S. The van der Waals surface area contributed by atoms with E-state index in [0.29, 0.717) is 0 Å². The van der Waals surface area contributed by atoms with E-state index in [1.807, 2.05) is 0 Å². The summed E-state index contributed by atoms with van der Waals surface area (Å²) in [5.74, 6) is -7.64. The molecule has 19 heteroatoms. The van der Waals surface area contributed by atoms with Crippen LogP contribution in [0.5, 0.6) is 0 Å². The van der Waals surface area contributed by atoms with Gasteiger partial charge in [-0.3, -0.25) is 0 Å². The second-order valence-corrected chi connectivity index (χ2v) is 5.08. The molecule has 3 nitrogen and oxygen atoms in total. The largest absolute Gasteiger partial charge is 0.453 e. The van der Waals surface area contributed by atoms with Crippen molar-refractivity contribution >= 4 is 10.5 Å². The Kier molecular flexibility index (Phi) is 5.92. The van der Waals surface area contributed by atoms with Crippen molar-refractivity contribution in [2.75, 3.05) is 0 Å². The van der Waals surface area contributed by atoms with Gasteiger partial charge in [-0.05, 0) is 0 Å². The maximum atomic E-state index is 13.4. The summed E-state index contributed by atoms with van der Waals surface area (Å²) >= 11 is 0. The second-order valence-electron chi connectivity index (χ2n) is 4.13. The topological polar surface area (TPSA) is 43.4 Å². The lowest BCUT2D eigenvalue weighted by Crippen LogP contribution is -2.68. The Morgan fingerprint density at radius 2 is 0.885 bits per heavy atom. The zero-order valence-electron chi connectivity index (χ0n) is 10.8. The number of alkyl halides is 13. The molecule has 0 aromatic rings. The quantitative estimate of drug-likeness (QED) is 0.465. The fraction of sp³-hybridized carbons (Fsp3) is 0.857. The predicted octanol–water partition coefficient (Wildman–Crippen LogP) is 4.62. The van der Waals surface area contributed by atoms with E-state index in [0.717, 1.165) is 0 Å². The van der Waals surface area contributed by atoms with Crippen molar-refractivity contribution in [3.05, 3.63) is 6.17 Å². The molecule has 1 unspecified atom stereocenters. The molecule has 0 spiro atoms. The van der Waals surface area contributed by atoms with Gasteiger partial charge in [0.05, 0.1) is 0 Å². The third-order valence-electron chi connectivity index (χ3n) is 2.47. The highest BCUT2D eigenvalue weighted by atomic mass is 32.3. The summed E-state index contributed by atoms with van der Waals surface area (Å²) in [6.45, 7) is 0. The zero-order chi connectivity index (χ0) is 21.8. The molecule has 0 aliphatic heterocycles. The van der Waals surface area contributed by atoms with Crippen molar-refractivity contribution < 1.29 is 78.0 Å². The molecule has 0 rings (SSSR count). The molecular weight excluding hydrogens is 449 g/mol. The number of rotatable bonds is 4. The molecule has 0 saturated heterocycles. The third-order valence-corrected chi connectivity index (χ3v) is 2.89. The van der Waals surface area contributed by atoms with Crippen molar-refractivity contribution in [2.24, 2.45) is 5.41 Å². The van der Waals surface area contributed by atoms with Gasteiger partial charge in [-0.1, -0.05) is 3.89 Å². The van der Waals surface area contributed by atoms with E-state index < -0.39 is 52.7 Å². The van der Waals surface area contributed by atoms with E-state index in [2.05, 4.69) is 0 Å². The molecule has 1 atom stereocenters. The van der Waals surface area contributed by atoms with Gasteiger partial charge in [0.15, 0.2) is 0 Å². The van der Waals surface area contributed by atoms with Crippen LogP contribution in [0.2, 0.25) is 0 Å². The van der Waals surface area contributed by atoms with Gasteiger partial charge in [0.1, 0.15) is 0 Å². The van der Waals surface area contributed by atoms with Crippen LogP contribution in [0.4, 0.5) is 65.4 Å². The summed E-state index contributed by atoms with van der Waals surface area (Å²) < 4.78 is 209. The molecule has 0 saturated carbocycles. The van der Waals surface area contributed by atoms with E-state index in [4.69, 9.17) is 0 Å². The van der Waals surface area contributed by atoms with Crippen LogP contribution in [-0.4, -0.2) is 39.0 Å². The molecule has 0 aliphatic rings. The van der Waals surface area contributed by atoms with Crippen LogP contribution in [0.25, 0.3) is 0 Å². The first kappa shape index (κ1) is 24.9. The Morgan fingerprint density at radius 3 is 1.04 bits per heavy atom. The minimum absolute atomic E-state index is 1.54. The average molecular weight is 449 g/mol. The average Bonchev–Trinajstić information content (AvgIpc) is 2.18. The van der Waals surface area contributed by atoms with Gasteiger partial charge in [0, 0.05) is 0 Å². The van der Waals surface area contributed by atoms with E-state index in [1.54, 1.807) is 4.18 Å².